The van der Waals surface area contributed by atoms with Gasteiger partial charge in [-0.25, -0.2) is 0 Å². The van der Waals surface area contributed by atoms with Crippen molar-refractivity contribution in [3.63, 3.8) is 0 Å². The van der Waals surface area contributed by atoms with E-state index >= 15 is 0 Å². The first-order valence-electron chi connectivity index (χ1n) is 3.77. The van der Waals surface area contributed by atoms with E-state index in [1.54, 1.807) is 6.92 Å². The molecule has 0 aliphatic carbocycles. The van der Waals surface area contributed by atoms with Crippen LogP contribution in [0.15, 0.2) is 0 Å². The van der Waals surface area contributed by atoms with Crippen LogP contribution >= 0.6 is 0 Å². The molecule has 12 heavy (non-hydrogen) atoms. The Bertz CT molecular complexity index is 147. The minimum atomic E-state index is -4.27. The Balaban J connectivity index is 2.55. The van der Waals surface area contributed by atoms with E-state index in [4.69, 9.17) is 4.74 Å². The molecule has 1 saturated heterocycles. The van der Waals surface area contributed by atoms with Crippen LogP contribution in [0.5, 0.6) is 0 Å². The zero-order valence-electron chi connectivity index (χ0n) is 6.89. The fourth-order valence-electron chi connectivity index (χ4n) is 1.21. The highest BCUT2D eigenvalue weighted by molar-refractivity contribution is 4.74. The highest BCUT2D eigenvalue weighted by atomic mass is 19.4. The largest absolute Gasteiger partial charge is 0.414 e. The van der Waals surface area contributed by atoms with Gasteiger partial charge in [0.25, 0.3) is 0 Å². The highest BCUT2D eigenvalue weighted by Crippen LogP contribution is 2.31. The summed E-state index contributed by atoms with van der Waals surface area (Å²) in [6.45, 7) is 3.08. The highest BCUT2D eigenvalue weighted by Gasteiger charge is 2.44. The lowest BCUT2D eigenvalue weighted by Crippen LogP contribution is -2.43. The van der Waals surface area contributed by atoms with Crippen molar-refractivity contribution in [2.45, 2.75) is 44.9 Å². The topological polar surface area (TPSA) is 18.5 Å². The van der Waals surface area contributed by atoms with Gasteiger partial charge in [-0.3, -0.25) is 0 Å². The average Bonchev–Trinajstić information content (AvgIpc) is 1.82. The molecule has 0 saturated carbocycles. The van der Waals surface area contributed by atoms with Gasteiger partial charge in [0.2, 0.25) is 0 Å². The third-order valence-electron chi connectivity index (χ3n) is 1.69. The molecule has 0 aromatic rings. The van der Waals surface area contributed by atoms with Gasteiger partial charge in [-0.1, -0.05) is 0 Å². The maximum absolute atomic E-state index is 12.1. The van der Waals surface area contributed by atoms with Gasteiger partial charge in [-0.05, 0) is 13.8 Å². The molecule has 0 N–H and O–H groups in total. The lowest BCUT2D eigenvalue weighted by Gasteiger charge is -2.33. The molecule has 1 heterocycles. The third kappa shape index (κ3) is 2.35. The molecule has 0 radical (unpaired) electrons. The Kier molecular flexibility index (Phi) is 2.63. The molecule has 2 nitrogen and oxygen atoms in total. The van der Waals surface area contributed by atoms with E-state index in [-0.39, 0.29) is 12.5 Å². The van der Waals surface area contributed by atoms with Gasteiger partial charge in [0.05, 0.1) is 6.10 Å². The lowest BCUT2D eigenvalue weighted by molar-refractivity contribution is -0.310. The summed E-state index contributed by atoms with van der Waals surface area (Å²) in [6, 6.07) is 0. The first kappa shape index (κ1) is 9.80. The van der Waals surface area contributed by atoms with Gasteiger partial charge in [0, 0.05) is 6.42 Å². The van der Waals surface area contributed by atoms with Crippen LogP contribution in [0.3, 0.4) is 0 Å². The summed E-state index contributed by atoms with van der Waals surface area (Å²) >= 11 is 0. The smallest absolute Gasteiger partial charge is 0.350 e. The zero-order chi connectivity index (χ0) is 9.35. The molecule has 1 aliphatic heterocycles. The number of rotatable bonds is 0. The van der Waals surface area contributed by atoms with Crippen molar-refractivity contribution in [3.8, 4) is 0 Å². The maximum Gasteiger partial charge on any atom is 0.414 e. The van der Waals surface area contributed by atoms with E-state index in [0.717, 1.165) is 0 Å². The van der Waals surface area contributed by atoms with Gasteiger partial charge in [0.15, 0.2) is 12.4 Å². The molecule has 3 atom stereocenters. The third-order valence-corrected chi connectivity index (χ3v) is 1.69. The van der Waals surface area contributed by atoms with Crippen LogP contribution in [0.1, 0.15) is 20.3 Å². The summed E-state index contributed by atoms with van der Waals surface area (Å²) in [6.07, 6.45) is -7.21. The predicted octanol–water partition coefficient (Wildman–Crippen LogP) is 2.09. The maximum atomic E-state index is 12.1. The summed E-state index contributed by atoms with van der Waals surface area (Å²) in [5, 5.41) is 0. The minimum absolute atomic E-state index is 0.117. The zero-order valence-corrected chi connectivity index (χ0v) is 6.89. The number of hydrogen-bond donors (Lipinski definition) is 0. The second-order valence-electron chi connectivity index (χ2n) is 2.92. The van der Waals surface area contributed by atoms with E-state index in [2.05, 4.69) is 4.74 Å². The van der Waals surface area contributed by atoms with E-state index in [1.165, 1.54) is 6.92 Å². The van der Waals surface area contributed by atoms with Gasteiger partial charge >= 0.3 is 6.18 Å². The minimum Gasteiger partial charge on any atom is -0.350 e. The molecule has 0 unspecified atom stereocenters. The fourth-order valence-corrected chi connectivity index (χ4v) is 1.21. The van der Waals surface area contributed by atoms with Crippen LogP contribution in [0.2, 0.25) is 0 Å². The molecule has 1 rings (SSSR count). The van der Waals surface area contributed by atoms with Gasteiger partial charge in [0.1, 0.15) is 0 Å². The molecule has 0 spiro atoms. The van der Waals surface area contributed by atoms with Crippen LogP contribution < -0.4 is 0 Å². The molecule has 5 heteroatoms. The van der Waals surface area contributed by atoms with Crippen molar-refractivity contribution < 1.29 is 22.6 Å². The number of halogens is 3. The van der Waals surface area contributed by atoms with E-state index in [9.17, 15) is 13.2 Å². The SMILES string of the molecule is C[C@@H]1O[C@H](C)C[C@H](C(F)(F)F)O1. The standard InChI is InChI=1S/C7H11F3O2/c1-4-3-6(7(8,9)10)12-5(2)11-4/h4-6H,3H2,1-2H3/t4-,5-,6-/m1/s1. The normalized spacial score (nSPS) is 38.2. The van der Waals surface area contributed by atoms with E-state index in [1.807, 2.05) is 0 Å². The predicted molar refractivity (Wildman–Crippen MR) is 35.6 cm³/mol. The molecule has 0 aromatic carbocycles. The molecule has 0 aromatic heterocycles. The summed E-state index contributed by atoms with van der Waals surface area (Å²) in [4.78, 5) is 0. The van der Waals surface area contributed by atoms with Gasteiger partial charge < -0.3 is 9.47 Å². The van der Waals surface area contributed by atoms with Crippen LogP contribution in [-0.2, 0) is 9.47 Å². The van der Waals surface area contributed by atoms with Crippen LogP contribution in [-0.4, -0.2) is 24.7 Å². The van der Waals surface area contributed by atoms with Crippen molar-refractivity contribution in [2.75, 3.05) is 0 Å². The molecule has 0 bridgehead atoms. The second-order valence-corrected chi connectivity index (χ2v) is 2.92. The van der Waals surface area contributed by atoms with Crippen molar-refractivity contribution in [1.82, 2.24) is 0 Å². The molecule has 1 aliphatic rings. The van der Waals surface area contributed by atoms with Gasteiger partial charge in [-0.2, -0.15) is 13.2 Å². The quantitative estimate of drug-likeness (QED) is 0.573. The average molecular weight is 184 g/mol. The van der Waals surface area contributed by atoms with Crippen molar-refractivity contribution in [3.05, 3.63) is 0 Å². The summed E-state index contributed by atoms with van der Waals surface area (Å²) in [5.41, 5.74) is 0. The number of alkyl halides is 3. The Morgan fingerprint density at radius 2 is 1.75 bits per heavy atom. The van der Waals surface area contributed by atoms with Gasteiger partial charge in [-0.15, -0.1) is 0 Å². The Morgan fingerprint density at radius 1 is 1.17 bits per heavy atom. The van der Waals surface area contributed by atoms with Crippen molar-refractivity contribution >= 4 is 0 Å². The Labute approximate surface area is 68.6 Å². The first-order valence-corrected chi connectivity index (χ1v) is 3.77. The van der Waals surface area contributed by atoms with Crippen molar-refractivity contribution in [2.24, 2.45) is 0 Å². The molecule has 0 amide bonds. The van der Waals surface area contributed by atoms with Crippen LogP contribution in [0.25, 0.3) is 0 Å². The summed E-state index contributed by atoms with van der Waals surface area (Å²) in [7, 11) is 0. The van der Waals surface area contributed by atoms with E-state index in [0.29, 0.717) is 0 Å². The Hall–Kier alpha value is -0.290. The lowest BCUT2D eigenvalue weighted by atomic mass is 10.1. The summed E-state index contributed by atoms with van der Waals surface area (Å²) < 4.78 is 45.9. The van der Waals surface area contributed by atoms with Crippen LogP contribution in [0, 0.1) is 0 Å². The Morgan fingerprint density at radius 3 is 2.17 bits per heavy atom. The van der Waals surface area contributed by atoms with Crippen LogP contribution in [0.4, 0.5) is 13.2 Å². The summed E-state index contributed by atoms with van der Waals surface area (Å²) in [5.74, 6) is 0. The fraction of sp³-hybridized carbons (Fsp3) is 1.00. The monoisotopic (exact) mass is 184 g/mol. The van der Waals surface area contributed by atoms with E-state index < -0.39 is 18.6 Å². The molecule has 1 fully saturated rings. The number of ether oxygens (including phenoxy) is 2. The second kappa shape index (κ2) is 3.22. The molecular weight excluding hydrogens is 173 g/mol. The van der Waals surface area contributed by atoms with Crippen molar-refractivity contribution in [1.29, 1.82) is 0 Å². The first-order chi connectivity index (χ1) is 5.39. The number of hydrogen-bond acceptors (Lipinski definition) is 2. The molecular formula is C7H11F3O2. The molecule has 72 valence electrons.